The zero-order valence-corrected chi connectivity index (χ0v) is 13.8. The Morgan fingerprint density at radius 3 is 2.48 bits per heavy atom. The van der Waals surface area contributed by atoms with Crippen LogP contribution in [0.5, 0.6) is 0 Å². The molecule has 0 saturated carbocycles. The molecule has 122 valence electrons. The van der Waals surface area contributed by atoms with E-state index in [1.54, 1.807) is 19.1 Å². The smallest absolute Gasteiger partial charge is 0.251 e. The fourth-order valence-electron chi connectivity index (χ4n) is 2.37. The van der Waals surface area contributed by atoms with Crippen LogP contribution < -0.4 is 5.32 Å². The molecule has 4 heteroatoms. The Labute approximate surface area is 137 Å². The summed E-state index contributed by atoms with van der Waals surface area (Å²) in [4.78, 5) is 14.3. The van der Waals surface area contributed by atoms with Gasteiger partial charge in [-0.15, -0.1) is 0 Å². The van der Waals surface area contributed by atoms with E-state index in [1.165, 1.54) is 11.6 Å². The van der Waals surface area contributed by atoms with Gasteiger partial charge in [0.2, 0.25) is 0 Å². The van der Waals surface area contributed by atoms with Gasteiger partial charge in [0.05, 0.1) is 0 Å². The highest BCUT2D eigenvalue weighted by Crippen LogP contribution is 2.10. The van der Waals surface area contributed by atoms with Crippen LogP contribution in [0, 0.1) is 12.7 Å². The summed E-state index contributed by atoms with van der Waals surface area (Å²) in [5, 5.41) is 2.90. The number of nitrogens with one attached hydrogen (secondary N) is 1. The van der Waals surface area contributed by atoms with E-state index in [0.29, 0.717) is 17.7 Å². The lowest BCUT2D eigenvalue weighted by molar-refractivity contribution is 0.0941. The van der Waals surface area contributed by atoms with Crippen LogP contribution in [0.1, 0.15) is 21.5 Å². The van der Waals surface area contributed by atoms with E-state index in [1.807, 2.05) is 32.3 Å². The number of nitrogens with zero attached hydrogens (tertiary/aromatic N) is 1. The van der Waals surface area contributed by atoms with Crippen molar-refractivity contribution in [2.24, 2.45) is 0 Å². The van der Waals surface area contributed by atoms with Crippen LogP contribution in [0.15, 0.2) is 48.5 Å². The molecule has 0 aliphatic heterocycles. The predicted octanol–water partition coefficient (Wildman–Crippen LogP) is 3.04. The SMILES string of the molecule is Cc1ccc(C(=O)NCC(Cc2ccccc2)N(C)C)cc1F. The molecule has 0 spiro atoms. The first-order chi connectivity index (χ1) is 11.0. The van der Waals surface area contributed by atoms with Gasteiger partial charge in [0.15, 0.2) is 0 Å². The number of hydrogen-bond donors (Lipinski definition) is 1. The van der Waals surface area contributed by atoms with Crippen molar-refractivity contribution in [2.45, 2.75) is 19.4 Å². The number of carbonyl (C=O) groups excluding carboxylic acids is 1. The van der Waals surface area contributed by atoms with E-state index in [2.05, 4.69) is 22.3 Å². The monoisotopic (exact) mass is 314 g/mol. The molecule has 1 atom stereocenters. The second-order valence-corrected chi connectivity index (χ2v) is 5.98. The zero-order chi connectivity index (χ0) is 16.8. The second kappa shape index (κ2) is 7.88. The maximum absolute atomic E-state index is 13.6. The zero-order valence-electron chi connectivity index (χ0n) is 13.8. The largest absolute Gasteiger partial charge is 0.350 e. The van der Waals surface area contributed by atoms with Gasteiger partial charge in [-0.3, -0.25) is 4.79 Å². The predicted molar refractivity (Wildman–Crippen MR) is 91.1 cm³/mol. The average Bonchev–Trinajstić information content (AvgIpc) is 2.54. The third-order valence-corrected chi connectivity index (χ3v) is 3.98. The van der Waals surface area contributed by atoms with Crippen LogP contribution in [-0.2, 0) is 6.42 Å². The van der Waals surface area contributed by atoms with Crippen LogP contribution >= 0.6 is 0 Å². The third kappa shape index (κ3) is 4.89. The van der Waals surface area contributed by atoms with Gasteiger partial charge < -0.3 is 10.2 Å². The van der Waals surface area contributed by atoms with E-state index < -0.39 is 0 Å². The van der Waals surface area contributed by atoms with Crippen LogP contribution in [0.25, 0.3) is 0 Å². The summed E-state index contributed by atoms with van der Waals surface area (Å²) in [6.07, 6.45) is 0.844. The Morgan fingerprint density at radius 2 is 1.87 bits per heavy atom. The summed E-state index contributed by atoms with van der Waals surface area (Å²) in [5.41, 5.74) is 2.11. The van der Waals surface area contributed by atoms with Crippen LogP contribution in [0.2, 0.25) is 0 Å². The molecule has 1 unspecified atom stereocenters. The molecule has 1 N–H and O–H groups in total. The Hall–Kier alpha value is -2.20. The van der Waals surface area contributed by atoms with Gasteiger partial charge in [-0.2, -0.15) is 0 Å². The topological polar surface area (TPSA) is 32.3 Å². The Kier molecular flexibility index (Phi) is 5.88. The Morgan fingerprint density at radius 1 is 1.17 bits per heavy atom. The number of hydrogen-bond acceptors (Lipinski definition) is 2. The first-order valence-electron chi connectivity index (χ1n) is 7.72. The first-order valence-corrected chi connectivity index (χ1v) is 7.72. The highest BCUT2D eigenvalue weighted by atomic mass is 19.1. The molecule has 2 rings (SSSR count). The minimum atomic E-state index is -0.355. The minimum absolute atomic E-state index is 0.177. The maximum atomic E-state index is 13.6. The molecule has 2 aromatic rings. The van der Waals surface area contributed by atoms with Crippen molar-refractivity contribution in [1.29, 1.82) is 0 Å². The van der Waals surface area contributed by atoms with E-state index in [9.17, 15) is 9.18 Å². The molecule has 0 saturated heterocycles. The third-order valence-electron chi connectivity index (χ3n) is 3.98. The van der Waals surface area contributed by atoms with Crippen LogP contribution in [0.4, 0.5) is 4.39 Å². The lowest BCUT2D eigenvalue weighted by Crippen LogP contribution is -2.41. The van der Waals surface area contributed by atoms with Gasteiger partial charge in [-0.05, 0) is 50.7 Å². The Balaban J connectivity index is 1.98. The van der Waals surface area contributed by atoms with E-state index in [4.69, 9.17) is 0 Å². The summed E-state index contributed by atoms with van der Waals surface area (Å²) >= 11 is 0. The number of amides is 1. The molecular formula is C19H23FN2O. The highest BCUT2D eigenvalue weighted by molar-refractivity contribution is 5.94. The van der Waals surface area contributed by atoms with Crippen LogP contribution in [0.3, 0.4) is 0 Å². The lowest BCUT2D eigenvalue weighted by atomic mass is 10.0. The first kappa shape index (κ1) is 17.2. The van der Waals surface area contributed by atoms with Crippen molar-refractivity contribution < 1.29 is 9.18 Å². The van der Waals surface area contributed by atoms with Crippen molar-refractivity contribution in [3.63, 3.8) is 0 Å². The normalized spacial score (nSPS) is 12.2. The molecule has 0 aromatic heterocycles. The lowest BCUT2D eigenvalue weighted by Gasteiger charge is -2.24. The molecule has 0 fully saturated rings. The molecular weight excluding hydrogens is 291 g/mol. The molecule has 1 amide bonds. The van der Waals surface area contributed by atoms with Crippen molar-refractivity contribution in [2.75, 3.05) is 20.6 Å². The van der Waals surface area contributed by atoms with Crippen molar-refractivity contribution >= 4 is 5.91 Å². The van der Waals surface area contributed by atoms with E-state index in [-0.39, 0.29) is 17.8 Å². The second-order valence-electron chi connectivity index (χ2n) is 5.98. The number of carbonyl (C=O) groups is 1. The molecule has 0 bridgehead atoms. The van der Waals surface area contributed by atoms with Gasteiger partial charge in [-0.25, -0.2) is 4.39 Å². The summed E-state index contributed by atoms with van der Waals surface area (Å²) in [7, 11) is 3.98. The fraction of sp³-hybridized carbons (Fsp3) is 0.316. The molecule has 2 aromatic carbocycles. The van der Waals surface area contributed by atoms with Gasteiger partial charge in [0.25, 0.3) is 5.91 Å². The molecule has 23 heavy (non-hydrogen) atoms. The highest BCUT2D eigenvalue weighted by Gasteiger charge is 2.15. The average molecular weight is 314 g/mol. The summed E-state index contributed by atoms with van der Waals surface area (Å²) in [6, 6.07) is 14.9. The molecule has 0 aliphatic carbocycles. The van der Waals surface area contributed by atoms with Crippen molar-refractivity contribution in [3.8, 4) is 0 Å². The minimum Gasteiger partial charge on any atom is -0.350 e. The number of likely N-dealkylation sites (N-methyl/N-ethyl adjacent to an activating group) is 1. The van der Waals surface area contributed by atoms with Crippen molar-refractivity contribution in [1.82, 2.24) is 10.2 Å². The summed E-state index contributed by atoms with van der Waals surface area (Å²) in [5.74, 6) is -0.602. The van der Waals surface area contributed by atoms with Crippen molar-refractivity contribution in [3.05, 3.63) is 71.0 Å². The number of halogens is 1. The standard InChI is InChI=1S/C19H23FN2O/c1-14-9-10-16(12-18(14)20)19(23)21-13-17(22(2)3)11-15-7-5-4-6-8-15/h4-10,12,17H,11,13H2,1-3H3,(H,21,23). The number of benzene rings is 2. The van der Waals surface area contributed by atoms with E-state index >= 15 is 0 Å². The van der Waals surface area contributed by atoms with Gasteiger partial charge in [0.1, 0.15) is 5.82 Å². The summed E-state index contributed by atoms with van der Waals surface area (Å²) in [6.45, 7) is 2.19. The fourth-order valence-corrected chi connectivity index (χ4v) is 2.37. The quantitative estimate of drug-likeness (QED) is 0.889. The number of aryl methyl sites for hydroxylation is 1. The van der Waals surface area contributed by atoms with Gasteiger partial charge >= 0.3 is 0 Å². The molecule has 0 heterocycles. The van der Waals surface area contributed by atoms with Gasteiger partial charge in [0, 0.05) is 18.2 Å². The molecule has 0 aliphatic rings. The van der Waals surface area contributed by atoms with E-state index in [0.717, 1.165) is 6.42 Å². The number of rotatable bonds is 6. The Bertz CT molecular complexity index is 656. The molecule has 0 radical (unpaired) electrons. The van der Waals surface area contributed by atoms with Gasteiger partial charge in [-0.1, -0.05) is 36.4 Å². The summed E-state index contributed by atoms with van der Waals surface area (Å²) < 4.78 is 13.6. The molecule has 3 nitrogen and oxygen atoms in total. The maximum Gasteiger partial charge on any atom is 0.251 e. The van der Waals surface area contributed by atoms with Crippen LogP contribution in [-0.4, -0.2) is 37.5 Å².